The molecular weight excluding hydrogens is 297 g/mol. The van der Waals surface area contributed by atoms with Crippen LogP contribution < -0.4 is 0 Å². The molecule has 1 unspecified atom stereocenters. The fourth-order valence-corrected chi connectivity index (χ4v) is 2.11. The molecule has 0 spiro atoms. The number of hydrogen-bond donors (Lipinski definition) is 0. The van der Waals surface area contributed by atoms with Crippen molar-refractivity contribution in [2.24, 2.45) is 5.92 Å². The molecule has 6 heteroatoms. The third kappa shape index (κ3) is 9.43. The molecule has 0 saturated carbocycles. The number of ether oxygens (including phenoxy) is 3. The molecule has 3 nitrogen and oxygen atoms in total. The Morgan fingerprint density at radius 2 is 1.82 bits per heavy atom. The first-order valence-corrected chi connectivity index (χ1v) is 7.86. The van der Waals surface area contributed by atoms with Gasteiger partial charge in [0.05, 0.1) is 12.7 Å². The van der Waals surface area contributed by atoms with Crippen LogP contribution in [0, 0.1) is 5.92 Å². The van der Waals surface area contributed by atoms with E-state index in [0.717, 1.165) is 19.3 Å². The summed E-state index contributed by atoms with van der Waals surface area (Å²) in [6.45, 7) is 5.65. The molecule has 0 aliphatic heterocycles. The van der Waals surface area contributed by atoms with Crippen LogP contribution >= 0.6 is 0 Å². The van der Waals surface area contributed by atoms with Gasteiger partial charge >= 0.3 is 6.18 Å². The van der Waals surface area contributed by atoms with E-state index in [1.807, 2.05) is 0 Å². The highest BCUT2D eigenvalue weighted by atomic mass is 19.4. The molecule has 0 fully saturated rings. The topological polar surface area (TPSA) is 27.7 Å². The fraction of sp³-hybridized carbons (Fsp3) is 0.875. The second kappa shape index (κ2) is 11.9. The second-order valence-corrected chi connectivity index (χ2v) is 5.14. The van der Waals surface area contributed by atoms with Crippen molar-refractivity contribution >= 4 is 0 Å². The lowest BCUT2D eigenvalue weighted by Crippen LogP contribution is -2.40. The number of alkyl halides is 3. The summed E-state index contributed by atoms with van der Waals surface area (Å²) in [5, 5.41) is 0. The van der Waals surface area contributed by atoms with Gasteiger partial charge in [-0.05, 0) is 26.7 Å². The molecule has 0 rings (SSSR count). The molecule has 0 saturated heterocycles. The lowest BCUT2D eigenvalue weighted by molar-refractivity contribution is -0.234. The Morgan fingerprint density at radius 3 is 2.32 bits per heavy atom. The Labute approximate surface area is 131 Å². The summed E-state index contributed by atoms with van der Waals surface area (Å²) in [4.78, 5) is 0. The van der Waals surface area contributed by atoms with E-state index in [1.54, 1.807) is 19.9 Å². The molecule has 0 aromatic heterocycles. The molecule has 0 N–H and O–H groups in total. The first kappa shape index (κ1) is 21.4. The second-order valence-electron chi connectivity index (χ2n) is 5.14. The van der Waals surface area contributed by atoms with Crippen LogP contribution in [0.15, 0.2) is 12.2 Å². The van der Waals surface area contributed by atoms with Crippen molar-refractivity contribution in [1.82, 2.24) is 0 Å². The van der Waals surface area contributed by atoms with Crippen molar-refractivity contribution in [3.63, 3.8) is 0 Å². The van der Waals surface area contributed by atoms with Gasteiger partial charge in [-0.2, -0.15) is 13.2 Å². The van der Waals surface area contributed by atoms with E-state index in [1.165, 1.54) is 13.2 Å². The first-order valence-electron chi connectivity index (χ1n) is 7.86. The van der Waals surface area contributed by atoms with Gasteiger partial charge in [-0.25, -0.2) is 0 Å². The first-order chi connectivity index (χ1) is 10.4. The van der Waals surface area contributed by atoms with Crippen molar-refractivity contribution < 1.29 is 27.4 Å². The minimum absolute atomic E-state index is 0.138. The highest BCUT2D eigenvalue weighted by Gasteiger charge is 2.44. The zero-order valence-corrected chi connectivity index (χ0v) is 14.0. The van der Waals surface area contributed by atoms with E-state index in [0.29, 0.717) is 13.0 Å². The number of methoxy groups -OCH3 is 1. The quantitative estimate of drug-likeness (QED) is 0.295. The Morgan fingerprint density at radius 1 is 1.14 bits per heavy atom. The maximum atomic E-state index is 13.3. The monoisotopic (exact) mass is 326 g/mol. The van der Waals surface area contributed by atoms with Crippen LogP contribution in [0.3, 0.4) is 0 Å². The molecular formula is C16H29F3O3. The number of halogens is 3. The van der Waals surface area contributed by atoms with Crippen LogP contribution in [0.5, 0.6) is 0 Å². The molecule has 0 aromatic carbocycles. The van der Waals surface area contributed by atoms with Gasteiger partial charge in [0.15, 0.2) is 6.29 Å². The Kier molecular flexibility index (Phi) is 11.6. The van der Waals surface area contributed by atoms with Gasteiger partial charge in [0.1, 0.15) is 5.92 Å². The van der Waals surface area contributed by atoms with E-state index in [2.05, 4.69) is 6.92 Å². The van der Waals surface area contributed by atoms with Crippen LogP contribution in [0.25, 0.3) is 0 Å². The van der Waals surface area contributed by atoms with Crippen LogP contribution in [-0.4, -0.2) is 38.9 Å². The molecule has 0 radical (unpaired) electrons. The molecule has 0 bridgehead atoms. The molecule has 3 atom stereocenters. The predicted octanol–water partition coefficient (Wildman–Crippen LogP) is 4.72. The lowest BCUT2D eigenvalue weighted by Gasteiger charge is -2.29. The van der Waals surface area contributed by atoms with E-state index in [9.17, 15) is 13.2 Å². The molecule has 0 aliphatic rings. The van der Waals surface area contributed by atoms with Gasteiger partial charge in [0.2, 0.25) is 0 Å². The lowest BCUT2D eigenvalue weighted by atomic mass is 10.0. The van der Waals surface area contributed by atoms with Crippen LogP contribution in [-0.2, 0) is 14.2 Å². The van der Waals surface area contributed by atoms with Crippen LogP contribution in [0.4, 0.5) is 13.2 Å². The summed E-state index contributed by atoms with van der Waals surface area (Å²) in [5.41, 5.74) is 0. The summed E-state index contributed by atoms with van der Waals surface area (Å²) >= 11 is 0. The van der Waals surface area contributed by atoms with Crippen LogP contribution in [0.2, 0.25) is 0 Å². The van der Waals surface area contributed by atoms with Gasteiger partial charge < -0.3 is 14.2 Å². The van der Waals surface area contributed by atoms with Gasteiger partial charge in [-0.15, -0.1) is 0 Å². The molecule has 0 amide bonds. The normalized spacial score (nSPS) is 16.9. The van der Waals surface area contributed by atoms with Gasteiger partial charge in [-0.3, -0.25) is 0 Å². The summed E-state index contributed by atoms with van der Waals surface area (Å²) < 4.78 is 55.3. The Hall–Kier alpha value is -0.590. The molecule has 22 heavy (non-hydrogen) atoms. The number of allylic oxidation sites excluding steroid dienone is 1. The predicted molar refractivity (Wildman–Crippen MR) is 80.7 cm³/mol. The third-order valence-corrected chi connectivity index (χ3v) is 3.20. The number of unbranched alkanes of at least 4 members (excludes halogenated alkanes) is 3. The van der Waals surface area contributed by atoms with Crippen LogP contribution in [0.1, 0.15) is 46.5 Å². The zero-order valence-electron chi connectivity index (χ0n) is 14.0. The van der Waals surface area contributed by atoms with E-state index in [4.69, 9.17) is 14.2 Å². The highest BCUT2D eigenvalue weighted by Crippen LogP contribution is 2.32. The SMILES string of the molecule is CCCCC/C=C/[C@H]([C@@H](COC)OC(C)OCC)C(F)(F)F. The molecule has 0 aliphatic carbocycles. The fourth-order valence-electron chi connectivity index (χ4n) is 2.11. The molecule has 0 aromatic rings. The van der Waals surface area contributed by atoms with Crippen molar-refractivity contribution in [1.29, 1.82) is 0 Å². The van der Waals surface area contributed by atoms with Gasteiger partial charge in [0.25, 0.3) is 0 Å². The van der Waals surface area contributed by atoms with Gasteiger partial charge in [0, 0.05) is 13.7 Å². The summed E-state index contributed by atoms with van der Waals surface area (Å²) in [6, 6.07) is 0. The van der Waals surface area contributed by atoms with Crippen molar-refractivity contribution in [3.8, 4) is 0 Å². The number of hydrogen-bond acceptors (Lipinski definition) is 3. The Balaban J connectivity index is 4.83. The minimum Gasteiger partial charge on any atom is -0.382 e. The van der Waals surface area contributed by atoms with E-state index < -0.39 is 24.5 Å². The van der Waals surface area contributed by atoms with Crippen molar-refractivity contribution in [2.75, 3.05) is 20.3 Å². The zero-order chi connectivity index (χ0) is 17.0. The molecule has 0 heterocycles. The average Bonchev–Trinajstić information content (AvgIpc) is 2.41. The Bertz CT molecular complexity index is 293. The number of rotatable bonds is 12. The average molecular weight is 326 g/mol. The largest absolute Gasteiger partial charge is 0.397 e. The van der Waals surface area contributed by atoms with Gasteiger partial charge in [-0.1, -0.05) is 31.9 Å². The minimum atomic E-state index is -4.38. The van der Waals surface area contributed by atoms with E-state index >= 15 is 0 Å². The maximum Gasteiger partial charge on any atom is 0.397 e. The smallest absolute Gasteiger partial charge is 0.382 e. The third-order valence-electron chi connectivity index (χ3n) is 3.20. The standard InChI is InChI=1S/C16H29F3O3/c1-5-7-8-9-10-11-14(16(17,18)19)15(12-20-4)22-13(3)21-6-2/h10-11,13-15H,5-9,12H2,1-4H3/b11-10+/t13?,14-,15-/m1/s1. The summed E-state index contributed by atoms with van der Waals surface area (Å²) in [7, 11) is 1.36. The van der Waals surface area contributed by atoms with Crippen molar-refractivity contribution in [2.45, 2.75) is 65.0 Å². The summed E-state index contributed by atoms with van der Waals surface area (Å²) in [5.74, 6) is -1.70. The highest BCUT2D eigenvalue weighted by molar-refractivity contribution is 4.96. The molecule has 132 valence electrons. The summed E-state index contributed by atoms with van der Waals surface area (Å²) in [6.07, 6.45) is 0.166. The van der Waals surface area contributed by atoms with Crippen molar-refractivity contribution in [3.05, 3.63) is 12.2 Å². The maximum absolute atomic E-state index is 13.3. The van der Waals surface area contributed by atoms with E-state index in [-0.39, 0.29) is 6.61 Å².